The fraction of sp³-hybridized carbons (Fsp3) is 0.500. The molecule has 4 heteroatoms. The standard InChI is InChI=1S/C10H10F3N.C2H6/c11-10(12,13)9-3-1-2-7-4-5-14-6-8(7)9;1-2/h1-3,14H,4-6H2;1-2H3. The number of alkyl halides is 3. The van der Waals surface area contributed by atoms with E-state index in [4.69, 9.17) is 0 Å². The van der Waals surface area contributed by atoms with Gasteiger partial charge in [-0.05, 0) is 30.2 Å². The van der Waals surface area contributed by atoms with Crippen LogP contribution in [0, 0.1) is 0 Å². The first-order valence-electron chi connectivity index (χ1n) is 5.48. The fourth-order valence-electron chi connectivity index (χ4n) is 1.78. The molecule has 0 saturated heterocycles. The van der Waals surface area contributed by atoms with Gasteiger partial charge in [0.15, 0.2) is 0 Å². The number of hydrogen-bond donors (Lipinski definition) is 1. The molecule has 1 aliphatic heterocycles. The molecule has 1 nitrogen and oxygen atoms in total. The molecule has 1 aliphatic rings. The van der Waals surface area contributed by atoms with E-state index in [9.17, 15) is 13.2 Å². The van der Waals surface area contributed by atoms with E-state index >= 15 is 0 Å². The first kappa shape index (κ1) is 13.0. The molecule has 1 aromatic rings. The topological polar surface area (TPSA) is 12.0 Å². The van der Waals surface area contributed by atoms with Crippen LogP contribution in [0.25, 0.3) is 0 Å². The van der Waals surface area contributed by atoms with Gasteiger partial charge in [0.1, 0.15) is 0 Å². The van der Waals surface area contributed by atoms with Gasteiger partial charge in [-0.3, -0.25) is 0 Å². The van der Waals surface area contributed by atoms with Crippen LogP contribution in [0.2, 0.25) is 0 Å². The Morgan fingerprint density at radius 2 is 1.88 bits per heavy atom. The largest absolute Gasteiger partial charge is 0.416 e. The molecule has 2 rings (SSSR count). The van der Waals surface area contributed by atoms with Gasteiger partial charge >= 0.3 is 6.18 Å². The summed E-state index contributed by atoms with van der Waals surface area (Å²) in [7, 11) is 0. The molecule has 1 N–H and O–H groups in total. The number of fused-ring (bicyclic) bond motifs is 1. The second kappa shape index (κ2) is 5.34. The monoisotopic (exact) mass is 231 g/mol. The van der Waals surface area contributed by atoms with Crippen LogP contribution in [0.4, 0.5) is 13.2 Å². The van der Waals surface area contributed by atoms with Gasteiger partial charge in [0.25, 0.3) is 0 Å². The molecule has 0 saturated carbocycles. The lowest BCUT2D eigenvalue weighted by Crippen LogP contribution is -2.26. The van der Waals surface area contributed by atoms with Crippen molar-refractivity contribution >= 4 is 0 Å². The number of hydrogen-bond acceptors (Lipinski definition) is 1. The highest BCUT2D eigenvalue weighted by Gasteiger charge is 2.34. The lowest BCUT2D eigenvalue weighted by atomic mass is 9.96. The first-order valence-corrected chi connectivity index (χ1v) is 5.48. The van der Waals surface area contributed by atoms with Gasteiger partial charge in [0.05, 0.1) is 5.56 Å². The minimum atomic E-state index is -4.23. The number of rotatable bonds is 0. The average Bonchev–Trinajstić information content (AvgIpc) is 2.30. The van der Waals surface area contributed by atoms with E-state index in [-0.39, 0.29) is 0 Å². The van der Waals surface area contributed by atoms with E-state index in [1.165, 1.54) is 6.07 Å². The second-order valence-electron chi connectivity index (χ2n) is 3.37. The molecule has 90 valence electrons. The normalized spacial score (nSPS) is 14.8. The Labute approximate surface area is 93.7 Å². The van der Waals surface area contributed by atoms with Crippen LogP contribution in [-0.2, 0) is 19.1 Å². The van der Waals surface area contributed by atoms with Crippen molar-refractivity contribution in [2.75, 3.05) is 6.54 Å². The average molecular weight is 231 g/mol. The summed E-state index contributed by atoms with van der Waals surface area (Å²) in [5.41, 5.74) is 0.729. The second-order valence-corrected chi connectivity index (χ2v) is 3.37. The van der Waals surface area contributed by atoms with E-state index in [1.54, 1.807) is 6.07 Å². The van der Waals surface area contributed by atoms with E-state index in [0.717, 1.165) is 18.2 Å². The Kier molecular flexibility index (Phi) is 4.35. The SMILES string of the molecule is CC.FC(F)(F)c1cccc2c1CNCC2. The first-order chi connectivity index (χ1) is 7.59. The zero-order valence-electron chi connectivity index (χ0n) is 9.49. The van der Waals surface area contributed by atoms with Crippen LogP contribution in [0.1, 0.15) is 30.5 Å². The van der Waals surface area contributed by atoms with Crippen LogP contribution in [0.3, 0.4) is 0 Å². The minimum Gasteiger partial charge on any atom is -0.312 e. The maximum absolute atomic E-state index is 12.5. The van der Waals surface area contributed by atoms with E-state index in [0.29, 0.717) is 18.5 Å². The summed E-state index contributed by atoms with van der Waals surface area (Å²) < 4.78 is 37.6. The lowest BCUT2D eigenvalue weighted by molar-refractivity contribution is -0.138. The third kappa shape index (κ3) is 2.76. The van der Waals surface area contributed by atoms with Gasteiger partial charge in [-0.2, -0.15) is 13.2 Å². The number of nitrogens with one attached hydrogen (secondary N) is 1. The molecule has 0 fully saturated rings. The van der Waals surface area contributed by atoms with E-state index in [1.807, 2.05) is 13.8 Å². The van der Waals surface area contributed by atoms with Crippen molar-refractivity contribution in [2.24, 2.45) is 0 Å². The van der Waals surface area contributed by atoms with Gasteiger partial charge in [-0.1, -0.05) is 26.0 Å². The van der Waals surface area contributed by atoms with Crippen molar-refractivity contribution in [1.29, 1.82) is 0 Å². The predicted octanol–water partition coefficient (Wildman–Crippen LogP) is 3.38. The van der Waals surface area contributed by atoms with Crippen molar-refractivity contribution in [3.05, 3.63) is 34.9 Å². The van der Waals surface area contributed by atoms with Gasteiger partial charge < -0.3 is 5.32 Å². The molecule has 0 aromatic heterocycles. The Morgan fingerprint density at radius 3 is 2.50 bits per heavy atom. The van der Waals surface area contributed by atoms with Crippen molar-refractivity contribution < 1.29 is 13.2 Å². The van der Waals surface area contributed by atoms with Gasteiger partial charge in [0.2, 0.25) is 0 Å². The van der Waals surface area contributed by atoms with Crippen molar-refractivity contribution in [3.63, 3.8) is 0 Å². The molecular formula is C12H16F3N. The predicted molar refractivity (Wildman–Crippen MR) is 58.2 cm³/mol. The van der Waals surface area contributed by atoms with Gasteiger partial charge in [0, 0.05) is 6.54 Å². The highest BCUT2D eigenvalue weighted by Crippen LogP contribution is 2.34. The van der Waals surface area contributed by atoms with Crippen LogP contribution in [0.15, 0.2) is 18.2 Å². The molecule has 1 aromatic carbocycles. The van der Waals surface area contributed by atoms with Crippen molar-refractivity contribution in [2.45, 2.75) is 33.0 Å². The molecule has 0 radical (unpaired) electrons. The summed E-state index contributed by atoms with van der Waals surface area (Å²) >= 11 is 0. The number of benzene rings is 1. The van der Waals surface area contributed by atoms with Gasteiger partial charge in [-0.25, -0.2) is 0 Å². The molecule has 0 spiro atoms. The molecule has 0 aliphatic carbocycles. The Hall–Kier alpha value is -1.03. The highest BCUT2D eigenvalue weighted by atomic mass is 19.4. The maximum Gasteiger partial charge on any atom is 0.416 e. The summed E-state index contributed by atoms with van der Waals surface area (Å²) in [4.78, 5) is 0. The molecule has 16 heavy (non-hydrogen) atoms. The molecule has 1 heterocycles. The van der Waals surface area contributed by atoms with Gasteiger partial charge in [-0.15, -0.1) is 0 Å². The fourth-order valence-corrected chi connectivity index (χ4v) is 1.78. The summed E-state index contributed by atoms with van der Waals surface area (Å²) in [5, 5.41) is 2.95. The summed E-state index contributed by atoms with van der Waals surface area (Å²) in [5.74, 6) is 0. The van der Waals surface area contributed by atoms with Crippen LogP contribution in [0.5, 0.6) is 0 Å². The third-order valence-electron chi connectivity index (χ3n) is 2.45. The zero-order valence-corrected chi connectivity index (χ0v) is 9.49. The van der Waals surface area contributed by atoms with E-state index in [2.05, 4.69) is 5.32 Å². The van der Waals surface area contributed by atoms with Crippen molar-refractivity contribution in [3.8, 4) is 0 Å². The quantitative estimate of drug-likeness (QED) is 0.721. The molecule has 0 amide bonds. The molecule has 0 unspecified atom stereocenters. The Morgan fingerprint density at radius 1 is 1.19 bits per heavy atom. The third-order valence-corrected chi connectivity index (χ3v) is 2.45. The van der Waals surface area contributed by atoms with Crippen LogP contribution < -0.4 is 5.32 Å². The van der Waals surface area contributed by atoms with Crippen LogP contribution in [-0.4, -0.2) is 6.54 Å². The molecular weight excluding hydrogens is 215 g/mol. The minimum absolute atomic E-state index is 0.324. The number of halogens is 3. The Bertz CT molecular complexity index is 345. The maximum atomic E-state index is 12.5. The Balaban J connectivity index is 0.000000606. The smallest absolute Gasteiger partial charge is 0.312 e. The van der Waals surface area contributed by atoms with E-state index < -0.39 is 11.7 Å². The summed E-state index contributed by atoms with van der Waals surface area (Å²) in [6.07, 6.45) is -3.55. The highest BCUT2D eigenvalue weighted by molar-refractivity contribution is 5.38. The summed E-state index contributed by atoms with van der Waals surface area (Å²) in [6.45, 7) is 5.08. The van der Waals surface area contributed by atoms with Crippen LogP contribution >= 0.6 is 0 Å². The van der Waals surface area contributed by atoms with Crippen molar-refractivity contribution in [1.82, 2.24) is 5.32 Å². The molecule has 0 atom stereocenters. The zero-order chi connectivity index (χ0) is 12.2. The summed E-state index contributed by atoms with van der Waals surface area (Å²) in [6, 6.07) is 4.39. The molecule has 0 bridgehead atoms. The lowest BCUT2D eigenvalue weighted by Gasteiger charge is -2.21.